The zero-order valence-corrected chi connectivity index (χ0v) is 12.4. The predicted molar refractivity (Wildman–Crippen MR) is 82.9 cm³/mol. The summed E-state index contributed by atoms with van der Waals surface area (Å²) in [4.78, 5) is 23.6. The first-order chi connectivity index (χ1) is 11.0. The van der Waals surface area contributed by atoms with Crippen molar-refractivity contribution >= 4 is 17.6 Å². The van der Waals surface area contributed by atoms with Crippen LogP contribution in [0.2, 0.25) is 0 Å². The molecule has 2 aromatic rings. The second-order valence-electron chi connectivity index (χ2n) is 4.79. The van der Waals surface area contributed by atoms with E-state index in [1.807, 2.05) is 6.07 Å². The lowest BCUT2D eigenvalue weighted by Crippen LogP contribution is -2.21. The molecule has 2 aromatic carbocycles. The molecule has 116 valence electrons. The number of hydrogen-bond donors (Lipinski definition) is 2. The number of rotatable bonds is 4. The van der Waals surface area contributed by atoms with Gasteiger partial charge in [0.1, 0.15) is 11.3 Å². The second kappa shape index (κ2) is 7.09. The lowest BCUT2D eigenvalue weighted by Gasteiger charge is -2.08. The van der Waals surface area contributed by atoms with Crippen molar-refractivity contribution in [3.05, 3.63) is 59.2 Å². The second-order valence-corrected chi connectivity index (χ2v) is 4.79. The Balaban J connectivity index is 1.95. The van der Waals surface area contributed by atoms with E-state index in [-0.39, 0.29) is 11.3 Å². The number of aromatic hydroxyl groups is 1. The number of anilines is 1. The topological polar surface area (TPSA) is 99.4 Å². The zero-order chi connectivity index (χ0) is 16.8. The molecule has 0 aliphatic heterocycles. The summed E-state index contributed by atoms with van der Waals surface area (Å²) < 4.78 is 4.88. The highest BCUT2D eigenvalue weighted by Gasteiger charge is 2.15. The first-order valence-corrected chi connectivity index (χ1v) is 6.77. The monoisotopic (exact) mass is 310 g/mol. The molecule has 6 nitrogen and oxygen atoms in total. The number of phenolic OH excluding ortho intramolecular Hbond substituents is 1. The smallest absolute Gasteiger partial charge is 0.342 e. The van der Waals surface area contributed by atoms with E-state index in [4.69, 9.17) is 10.00 Å². The number of esters is 1. The molecular formula is C17H14N2O4. The summed E-state index contributed by atoms with van der Waals surface area (Å²) in [5.41, 5.74) is 1.38. The van der Waals surface area contributed by atoms with Gasteiger partial charge in [-0.1, -0.05) is 18.2 Å². The minimum absolute atomic E-state index is 0.00396. The SMILES string of the molecule is Cc1cccc(C(=O)OCC(=O)Nc2cccc(C#N)c2)c1O. The van der Waals surface area contributed by atoms with Crippen LogP contribution in [0, 0.1) is 18.3 Å². The molecule has 0 bridgehead atoms. The average Bonchev–Trinajstić information content (AvgIpc) is 2.55. The van der Waals surface area contributed by atoms with Crippen molar-refractivity contribution in [2.24, 2.45) is 0 Å². The van der Waals surface area contributed by atoms with Crippen LogP contribution in [0.25, 0.3) is 0 Å². The number of hydrogen-bond acceptors (Lipinski definition) is 5. The maximum Gasteiger partial charge on any atom is 0.342 e. The van der Waals surface area contributed by atoms with Crippen molar-refractivity contribution < 1.29 is 19.4 Å². The molecule has 0 saturated heterocycles. The number of nitriles is 1. The van der Waals surface area contributed by atoms with E-state index < -0.39 is 18.5 Å². The number of benzene rings is 2. The predicted octanol–water partition coefficient (Wildman–Crippen LogP) is 2.37. The fraction of sp³-hybridized carbons (Fsp3) is 0.118. The van der Waals surface area contributed by atoms with Gasteiger partial charge in [-0.25, -0.2) is 4.79 Å². The van der Waals surface area contributed by atoms with Crippen molar-refractivity contribution in [2.75, 3.05) is 11.9 Å². The Morgan fingerprint density at radius 3 is 2.74 bits per heavy atom. The van der Waals surface area contributed by atoms with Gasteiger partial charge in [-0.2, -0.15) is 5.26 Å². The summed E-state index contributed by atoms with van der Waals surface area (Å²) in [6, 6.07) is 13.0. The van der Waals surface area contributed by atoms with Gasteiger partial charge in [0.05, 0.1) is 11.6 Å². The summed E-state index contributed by atoms with van der Waals surface area (Å²) in [5, 5.41) is 21.1. The molecule has 0 aliphatic carbocycles. The molecule has 1 amide bonds. The highest BCUT2D eigenvalue weighted by Crippen LogP contribution is 2.22. The lowest BCUT2D eigenvalue weighted by atomic mass is 10.1. The van der Waals surface area contributed by atoms with E-state index in [2.05, 4.69) is 5.32 Å². The van der Waals surface area contributed by atoms with Gasteiger partial charge in [0.15, 0.2) is 6.61 Å². The third-order valence-electron chi connectivity index (χ3n) is 3.07. The number of carbonyl (C=O) groups excluding carboxylic acids is 2. The highest BCUT2D eigenvalue weighted by molar-refractivity contribution is 5.97. The Labute approximate surface area is 132 Å². The van der Waals surface area contributed by atoms with Crippen LogP contribution in [0.3, 0.4) is 0 Å². The fourth-order valence-corrected chi connectivity index (χ4v) is 1.90. The molecule has 23 heavy (non-hydrogen) atoms. The van der Waals surface area contributed by atoms with Crippen LogP contribution in [-0.4, -0.2) is 23.6 Å². The Morgan fingerprint density at radius 2 is 2.00 bits per heavy atom. The van der Waals surface area contributed by atoms with E-state index in [9.17, 15) is 14.7 Å². The zero-order valence-electron chi connectivity index (χ0n) is 12.4. The largest absolute Gasteiger partial charge is 0.507 e. The first kappa shape index (κ1) is 16.0. The van der Waals surface area contributed by atoms with Crippen LogP contribution < -0.4 is 5.32 Å². The molecule has 0 spiro atoms. The normalized spacial score (nSPS) is 9.74. The number of phenols is 1. The third-order valence-corrected chi connectivity index (χ3v) is 3.07. The molecule has 2 rings (SSSR count). The van der Waals surface area contributed by atoms with Crippen molar-refractivity contribution in [3.8, 4) is 11.8 Å². The van der Waals surface area contributed by atoms with Crippen LogP contribution in [0.15, 0.2) is 42.5 Å². The Kier molecular flexibility index (Phi) is 4.95. The molecule has 0 atom stereocenters. The van der Waals surface area contributed by atoms with E-state index in [0.29, 0.717) is 16.8 Å². The third kappa shape index (κ3) is 4.08. The van der Waals surface area contributed by atoms with Gasteiger partial charge in [-0.05, 0) is 36.8 Å². The average molecular weight is 310 g/mol. The van der Waals surface area contributed by atoms with Gasteiger partial charge in [0.25, 0.3) is 5.91 Å². The molecule has 0 saturated carbocycles. The Bertz CT molecular complexity index is 793. The van der Waals surface area contributed by atoms with E-state index in [1.54, 1.807) is 37.3 Å². The van der Waals surface area contributed by atoms with Crippen LogP contribution in [-0.2, 0) is 9.53 Å². The number of nitrogens with one attached hydrogen (secondary N) is 1. The number of amides is 1. The van der Waals surface area contributed by atoms with Gasteiger partial charge >= 0.3 is 5.97 Å². The van der Waals surface area contributed by atoms with Gasteiger partial charge in [0, 0.05) is 5.69 Å². The van der Waals surface area contributed by atoms with E-state index in [1.165, 1.54) is 12.1 Å². The van der Waals surface area contributed by atoms with Gasteiger partial charge < -0.3 is 15.2 Å². The van der Waals surface area contributed by atoms with Crippen LogP contribution in [0.1, 0.15) is 21.5 Å². The summed E-state index contributed by atoms with van der Waals surface area (Å²) in [6.45, 7) is 1.16. The summed E-state index contributed by atoms with van der Waals surface area (Å²) in [6.07, 6.45) is 0. The highest BCUT2D eigenvalue weighted by atomic mass is 16.5. The van der Waals surface area contributed by atoms with Gasteiger partial charge in [-0.15, -0.1) is 0 Å². The minimum atomic E-state index is -0.785. The molecule has 0 unspecified atom stereocenters. The lowest BCUT2D eigenvalue weighted by molar-refractivity contribution is -0.119. The number of ether oxygens (including phenoxy) is 1. The molecule has 2 N–H and O–H groups in total. The Hall–Kier alpha value is -3.33. The summed E-state index contributed by atoms with van der Waals surface area (Å²) in [5.74, 6) is -1.49. The molecule has 0 aromatic heterocycles. The van der Waals surface area contributed by atoms with Crippen molar-refractivity contribution in [3.63, 3.8) is 0 Å². The molecule has 0 aliphatic rings. The van der Waals surface area contributed by atoms with Gasteiger partial charge in [0.2, 0.25) is 0 Å². The molecule has 6 heteroatoms. The van der Waals surface area contributed by atoms with Crippen LogP contribution >= 0.6 is 0 Å². The number of para-hydroxylation sites is 1. The quantitative estimate of drug-likeness (QED) is 0.845. The van der Waals surface area contributed by atoms with Crippen LogP contribution in [0.5, 0.6) is 5.75 Å². The molecular weight excluding hydrogens is 296 g/mol. The fourth-order valence-electron chi connectivity index (χ4n) is 1.90. The number of aryl methyl sites for hydroxylation is 1. The maximum absolute atomic E-state index is 11.9. The standard InChI is InChI=1S/C17H14N2O4/c1-11-4-2-7-14(16(11)21)17(22)23-10-15(20)19-13-6-3-5-12(8-13)9-18/h2-8,21H,10H2,1H3,(H,19,20). The summed E-state index contributed by atoms with van der Waals surface area (Å²) >= 11 is 0. The van der Waals surface area contributed by atoms with E-state index >= 15 is 0 Å². The Morgan fingerprint density at radius 1 is 1.26 bits per heavy atom. The minimum Gasteiger partial charge on any atom is -0.507 e. The van der Waals surface area contributed by atoms with Crippen molar-refractivity contribution in [2.45, 2.75) is 6.92 Å². The number of carbonyl (C=O) groups is 2. The molecule has 0 heterocycles. The van der Waals surface area contributed by atoms with Crippen LogP contribution in [0.4, 0.5) is 5.69 Å². The number of nitrogens with zero attached hydrogens (tertiary/aromatic N) is 1. The van der Waals surface area contributed by atoms with Gasteiger partial charge in [-0.3, -0.25) is 4.79 Å². The summed E-state index contributed by atoms with van der Waals surface area (Å²) in [7, 11) is 0. The molecule has 0 fully saturated rings. The van der Waals surface area contributed by atoms with Crippen molar-refractivity contribution in [1.29, 1.82) is 5.26 Å². The maximum atomic E-state index is 11.9. The first-order valence-electron chi connectivity index (χ1n) is 6.77. The van der Waals surface area contributed by atoms with E-state index in [0.717, 1.165) is 0 Å². The van der Waals surface area contributed by atoms with Crippen molar-refractivity contribution in [1.82, 2.24) is 0 Å². The molecule has 0 radical (unpaired) electrons.